The zero-order valence-corrected chi connectivity index (χ0v) is 19.7. The molecule has 1 aliphatic rings. The van der Waals surface area contributed by atoms with E-state index in [1.807, 2.05) is 63.6 Å². The molecule has 0 saturated heterocycles. The molecule has 1 aliphatic heterocycles. The Morgan fingerprint density at radius 1 is 1.13 bits per heavy atom. The molecule has 0 saturated carbocycles. The molecule has 2 aromatic rings. The maximum atomic E-state index is 12.6. The van der Waals surface area contributed by atoms with Gasteiger partial charge in [0.2, 0.25) is 5.88 Å². The van der Waals surface area contributed by atoms with Gasteiger partial charge in [0.05, 0.1) is 27.7 Å². The number of halogens is 1. The Morgan fingerprint density at radius 3 is 2.55 bits per heavy atom. The number of carbonyl (C=O) groups excluding carboxylic acids is 2. The number of fused-ring (bicyclic) bond motifs is 1. The molecule has 0 atom stereocenters. The van der Waals surface area contributed by atoms with Crippen LogP contribution in [0.25, 0.3) is 10.8 Å². The fourth-order valence-electron chi connectivity index (χ4n) is 3.07. The van der Waals surface area contributed by atoms with Crippen molar-refractivity contribution in [1.29, 1.82) is 0 Å². The van der Waals surface area contributed by atoms with Gasteiger partial charge in [0.1, 0.15) is 17.9 Å². The van der Waals surface area contributed by atoms with E-state index in [1.54, 1.807) is 6.92 Å². The van der Waals surface area contributed by atoms with Crippen LogP contribution in [0.4, 0.5) is 5.69 Å². The fraction of sp³-hybridized carbons (Fsp3) is 0.318. The Kier molecular flexibility index (Phi) is 8.18. The monoisotopic (exact) mass is 490 g/mol. The van der Waals surface area contributed by atoms with E-state index in [0.717, 1.165) is 16.5 Å². The number of ether oxygens (including phenoxy) is 2. The molecule has 31 heavy (non-hydrogen) atoms. The molecule has 1 heterocycles. The minimum Gasteiger partial charge on any atom is -1.00 e. The van der Waals surface area contributed by atoms with Gasteiger partial charge >= 0.3 is 5.97 Å². The lowest BCUT2D eigenvalue weighted by atomic mass is 10.1. The van der Waals surface area contributed by atoms with E-state index in [-0.39, 0.29) is 54.1 Å². The van der Waals surface area contributed by atoms with Crippen molar-refractivity contribution in [3.63, 3.8) is 0 Å². The summed E-state index contributed by atoms with van der Waals surface area (Å²) in [7, 11) is 5.71. The van der Waals surface area contributed by atoms with Gasteiger partial charge in [0, 0.05) is 11.1 Å². The second kappa shape index (κ2) is 10.4. The lowest BCUT2D eigenvalue weighted by Gasteiger charge is -2.22. The maximum Gasteiger partial charge on any atom is 0.345 e. The molecule has 0 bridgehead atoms. The number of hydrogen-bond acceptors (Lipinski definition) is 6. The lowest BCUT2D eigenvalue weighted by molar-refractivity contribution is -0.862. The van der Waals surface area contributed by atoms with E-state index in [0.29, 0.717) is 10.2 Å². The maximum absolute atomic E-state index is 12.6. The van der Waals surface area contributed by atoms with Crippen LogP contribution in [0, 0.1) is 0 Å². The van der Waals surface area contributed by atoms with Crippen LogP contribution < -0.4 is 27.7 Å². The normalized spacial score (nSPS) is 14.8. The van der Waals surface area contributed by atoms with Crippen molar-refractivity contribution in [2.75, 3.05) is 46.2 Å². The number of nitrogens with zero attached hydrogens (tertiary/aromatic N) is 2. The molecule has 0 aliphatic carbocycles. The third-order valence-corrected chi connectivity index (χ3v) is 4.32. The van der Waals surface area contributed by atoms with Crippen molar-refractivity contribution in [2.24, 2.45) is 5.10 Å². The summed E-state index contributed by atoms with van der Waals surface area (Å²) in [5, 5.41) is 9.36. The molecule has 0 unspecified atom stereocenters. The Balaban J connectivity index is 0.00000341. The molecule has 0 aromatic heterocycles. The number of hydrazone groups is 1. The highest BCUT2D eigenvalue weighted by Crippen LogP contribution is 2.27. The molecule has 0 fully saturated rings. The van der Waals surface area contributed by atoms with Crippen molar-refractivity contribution < 1.29 is 40.5 Å². The molecular weight excluding hydrogens is 464 g/mol. The number of esters is 1. The fourth-order valence-corrected chi connectivity index (χ4v) is 3.07. The highest BCUT2D eigenvalue weighted by molar-refractivity contribution is 6.22. The topological polar surface area (TPSA) is 89.0 Å². The number of quaternary nitrogens is 1. The molecule has 0 spiro atoms. The Bertz CT molecular complexity index is 1020. The van der Waals surface area contributed by atoms with Gasteiger partial charge in [-0.25, -0.2) is 10.2 Å². The van der Waals surface area contributed by atoms with Crippen molar-refractivity contribution >= 4 is 34.0 Å². The van der Waals surface area contributed by atoms with E-state index in [4.69, 9.17) is 9.47 Å². The number of hydrogen-bond donors (Lipinski definition) is 2. The summed E-state index contributed by atoms with van der Waals surface area (Å²) < 4.78 is 11.4. The van der Waals surface area contributed by atoms with E-state index in [1.165, 1.54) is 0 Å². The minimum absolute atomic E-state index is 0. The van der Waals surface area contributed by atoms with Crippen LogP contribution in [0.5, 0.6) is 0 Å². The average Bonchev–Trinajstić information content (AvgIpc) is 3.08. The zero-order chi connectivity index (χ0) is 21.7. The number of likely N-dealkylation sites (N-methyl/N-ethyl adjacent to an activating group) is 1. The first-order chi connectivity index (χ1) is 14.3. The molecule has 3 rings (SSSR count). The molecule has 166 valence electrons. The zero-order valence-electron chi connectivity index (χ0n) is 18.1. The van der Waals surface area contributed by atoms with Crippen molar-refractivity contribution in [2.45, 2.75) is 6.92 Å². The first kappa shape index (κ1) is 24.4. The van der Waals surface area contributed by atoms with Crippen LogP contribution in [-0.2, 0) is 19.1 Å². The van der Waals surface area contributed by atoms with Gasteiger partial charge in [-0.2, -0.15) is 5.10 Å². The van der Waals surface area contributed by atoms with Gasteiger partial charge in [0.25, 0.3) is 5.91 Å². The second-order valence-corrected chi connectivity index (χ2v) is 7.91. The van der Waals surface area contributed by atoms with E-state index in [9.17, 15) is 9.59 Å². The third kappa shape index (κ3) is 6.28. The number of anilines is 1. The molecule has 2 aromatic carbocycles. The molecule has 9 heteroatoms. The van der Waals surface area contributed by atoms with E-state index in [2.05, 4.69) is 15.8 Å². The number of rotatable bonds is 7. The lowest BCUT2D eigenvalue weighted by Crippen LogP contribution is -3.00. The van der Waals surface area contributed by atoms with Crippen LogP contribution in [-0.4, -0.2) is 63.0 Å². The summed E-state index contributed by atoms with van der Waals surface area (Å²) in [6, 6.07) is 13.7. The number of amides is 1. The number of nitrogens with one attached hydrogen (secondary N) is 2. The summed E-state index contributed by atoms with van der Waals surface area (Å²) in [6.45, 7) is 2.24. The molecular formula is C22H27BrN4O4. The van der Waals surface area contributed by atoms with Crippen molar-refractivity contribution in [3.05, 3.63) is 53.9 Å². The SMILES string of the molecule is CCOC(=O)C1=C(Nc2cccc3ccccc23)OC/C1=N/NC(=O)C[N+](C)(C)C.[Br-]. The molecule has 8 nitrogen and oxygen atoms in total. The number of carbonyl (C=O) groups is 2. The summed E-state index contributed by atoms with van der Waals surface area (Å²) >= 11 is 0. The first-order valence-corrected chi connectivity index (χ1v) is 9.73. The summed E-state index contributed by atoms with van der Waals surface area (Å²) in [5.41, 5.74) is 3.78. The summed E-state index contributed by atoms with van der Waals surface area (Å²) in [4.78, 5) is 24.7. The standard InChI is InChI=1S/C22H26N4O4.BrH/c1-5-29-22(28)20-18(24-25-19(27)13-26(2,3)4)14-30-21(20)23-17-12-8-10-15-9-6-7-11-16(15)17;/h6-12H,5,13-14H2,1-4H3,(H-,23,24,25,27,28);1H. The highest BCUT2D eigenvalue weighted by atomic mass is 79.9. The summed E-state index contributed by atoms with van der Waals surface area (Å²) in [6.07, 6.45) is 0. The van der Waals surface area contributed by atoms with Crippen LogP contribution in [0.2, 0.25) is 0 Å². The van der Waals surface area contributed by atoms with Crippen LogP contribution in [0.3, 0.4) is 0 Å². The van der Waals surface area contributed by atoms with Crippen molar-refractivity contribution in [3.8, 4) is 0 Å². The van der Waals surface area contributed by atoms with Crippen molar-refractivity contribution in [1.82, 2.24) is 5.43 Å². The smallest absolute Gasteiger partial charge is 0.345 e. The van der Waals surface area contributed by atoms with Gasteiger partial charge in [-0.05, 0) is 18.4 Å². The molecule has 0 radical (unpaired) electrons. The molecule has 1 amide bonds. The Labute approximate surface area is 192 Å². The van der Waals surface area contributed by atoms with E-state index >= 15 is 0 Å². The Morgan fingerprint density at radius 2 is 1.84 bits per heavy atom. The van der Waals surface area contributed by atoms with Gasteiger partial charge in [-0.1, -0.05) is 36.4 Å². The predicted octanol–water partition coefficient (Wildman–Crippen LogP) is -0.761. The van der Waals surface area contributed by atoms with Crippen LogP contribution in [0.1, 0.15) is 6.92 Å². The van der Waals surface area contributed by atoms with Crippen LogP contribution >= 0.6 is 0 Å². The van der Waals surface area contributed by atoms with Gasteiger partial charge in [0.15, 0.2) is 6.54 Å². The number of benzene rings is 2. The molecule has 2 N–H and O–H groups in total. The van der Waals surface area contributed by atoms with Gasteiger partial charge < -0.3 is 36.3 Å². The van der Waals surface area contributed by atoms with Gasteiger partial charge in [-0.15, -0.1) is 0 Å². The quantitative estimate of drug-likeness (QED) is 0.302. The first-order valence-electron chi connectivity index (χ1n) is 9.73. The van der Waals surface area contributed by atoms with E-state index < -0.39 is 5.97 Å². The van der Waals surface area contributed by atoms with Gasteiger partial charge in [-0.3, -0.25) is 4.79 Å². The minimum atomic E-state index is -0.558. The largest absolute Gasteiger partial charge is 1.00 e. The van der Waals surface area contributed by atoms with Crippen LogP contribution in [0.15, 0.2) is 59.0 Å². The highest BCUT2D eigenvalue weighted by Gasteiger charge is 2.31. The second-order valence-electron chi connectivity index (χ2n) is 7.91. The summed E-state index contributed by atoms with van der Waals surface area (Å²) in [5.74, 6) is -0.560. The average molecular weight is 491 g/mol. The Hall–Kier alpha value is -2.91. The predicted molar refractivity (Wildman–Crippen MR) is 116 cm³/mol. The third-order valence-electron chi connectivity index (χ3n) is 4.32.